The summed E-state index contributed by atoms with van der Waals surface area (Å²) in [6, 6.07) is 4.17. The van der Waals surface area contributed by atoms with Crippen LogP contribution in [0.2, 0.25) is 0 Å². The molecule has 0 radical (unpaired) electrons. The molecule has 14 heavy (non-hydrogen) atoms. The van der Waals surface area contributed by atoms with E-state index in [1.807, 2.05) is 6.07 Å². The van der Waals surface area contributed by atoms with Crippen molar-refractivity contribution in [1.29, 1.82) is 0 Å². The van der Waals surface area contributed by atoms with E-state index < -0.39 is 0 Å². The van der Waals surface area contributed by atoms with Crippen molar-refractivity contribution in [1.82, 2.24) is 0 Å². The third-order valence-corrected chi connectivity index (χ3v) is 2.72. The lowest BCUT2D eigenvalue weighted by Gasteiger charge is -2.12. The summed E-state index contributed by atoms with van der Waals surface area (Å²) in [6.45, 7) is 4.99. The van der Waals surface area contributed by atoms with Gasteiger partial charge in [-0.05, 0) is 56.0 Å². The number of nitrogens with two attached hydrogens (primary N) is 1. The Labute approximate surface area is 86.1 Å². The largest absolute Gasteiger partial charge is 0.496 e. The Morgan fingerprint density at radius 3 is 2.50 bits per heavy atom. The third-order valence-electron chi connectivity index (χ3n) is 2.72. The number of aryl methyl sites for hydroxylation is 1. The van der Waals surface area contributed by atoms with Gasteiger partial charge in [0.05, 0.1) is 7.11 Å². The molecule has 0 spiro atoms. The van der Waals surface area contributed by atoms with Crippen molar-refractivity contribution in [3.8, 4) is 5.75 Å². The molecule has 0 aliphatic heterocycles. The fourth-order valence-corrected chi connectivity index (χ4v) is 1.64. The van der Waals surface area contributed by atoms with Gasteiger partial charge in [0, 0.05) is 0 Å². The number of benzene rings is 1. The number of hydrogen-bond acceptors (Lipinski definition) is 2. The fourth-order valence-electron chi connectivity index (χ4n) is 1.64. The van der Waals surface area contributed by atoms with E-state index in [1.165, 1.54) is 16.7 Å². The van der Waals surface area contributed by atoms with Gasteiger partial charge in [-0.3, -0.25) is 0 Å². The predicted octanol–water partition coefficient (Wildman–Crippen LogP) is 2.20. The van der Waals surface area contributed by atoms with Crippen molar-refractivity contribution in [3.63, 3.8) is 0 Å². The summed E-state index contributed by atoms with van der Waals surface area (Å²) in [4.78, 5) is 0. The third kappa shape index (κ3) is 2.26. The molecular formula is C12H19NO. The van der Waals surface area contributed by atoms with Crippen molar-refractivity contribution < 1.29 is 4.74 Å². The van der Waals surface area contributed by atoms with Crippen molar-refractivity contribution >= 4 is 0 Å². The van der Waals surface area contributed by atoms with Gasteiger partial charge < -0.3 is 10.5 Å². The molecule has 1 aromatic rings. The lowest BCUT2D eigenvalue weighted by atomic mass is 9.99. The molecule has 0 saturated carbocycles. The second-order valence-electron chi connectivity index (χ2n) is 3.57. The highest BCUT2D eigenvalue weighted by molar-refractivity contribution is 5.43. The van der Waals surface area contributed by atoms with Crippen LogP contribution < -0.4 is 10.5 Å². The molecule has 2 heteroatoms. The van der Waals surface area contributed by atoms with Gasteiger partial charge in [-0.1, -0.05) is 6.07 Å². The number of ether oxygens (including phenoxy) is 1. The monoisotopic (exact) mass is 193 g/mol. The first kappa shape index (κ1) is 11.1. The maximum Gasteiger partial charge on any atom is 0.122 e. The Balaban J connectivity index is 2.92. The van der Waals surface area contributed by atoms with E-state index in [9.17, 15) is 0 Å². The minimum Gasteiger partial charge on any atom is -0.496 e. The molecule has 0 aliphatic carbocycles. The molecule has 1 aromatic carbocycles. The van der Waals surface area contributed by atoms with E-state index in [1.54, 1.807) is 7.11 Å². The molecule has 0 atom stereocenters. The van der Waals surface area contributed by atoms with Gasteiger partial charge in [0.1, 0.15) is 5.75 Å². The summed E-state index contributed by atoms with van der Waals surface area (Å²) >= 11 is 0. The normalized spacial score (nSPS) is 10.3. The summed E-state index contributed by atoms with van der Waals surface area (Å²) < 4.78 is 5.26. The summed E-state index contributed by atoms with van der Waals surface area (Å²) in [6.07, 6.45) is 2.11. The van der Waals surface area contributed by atoms with Crippen LogP contribution in [0.15, 0.2) is 12.1 Å². The maximum absolute atomic E-state index is 5.50. The Bertz CT molecular complexity index is 307. The van der Waals surface area contributed by atoms with Gasteiger partial charge >= 0.3 is 0 Å². The number of methoxy groups -OCH3 is 1. The number of rotatable bonds is 4. The Morgan fingerprint density at radius 1 is 1.21 bits per heavy atom. The van der Waals surface area contributed by atoms with Crippen LogP contribution in [-0.2, 0) is 6.42 Å². The predicted molar refractivity (Wildman–Crippen MR) is 59.8 cm³/mol. The topological polar surface area (TPSA) is 35.2 Å². The van der Waals surface area contributed by atoms with E-state index in [4.69, 9.17) is 10.5 Å². The van der Waals surface area contributed by atoms with E-state index in [2.05, 4.69) is 19.9 Å². The summed E-state index contributed by atoms with van der Waals surface area (Å²) in [5.74, 6) is 0.971. The summed E-state index contributed by atoms with van der Waals surface area (Å²) in [5.41, 5.74) is 9.45. The molecule has 0 aliphatic rings. The van der Waals surface area contributed by atoms with E-state index >= 15 is 0 Å². The first-order valence-corrected chi connectivity index (χ1v) is 5.03. The van der Waals surface area contributed by atoms with Crippen LogP contribution in [-0.4, -0.2) is 13.7 Å². The van der Waals surface area contributed by atoms with Crippen LogP contribution in [0.1, 0.15) is 23.1 Å². The number of hydrogen-bond donors (Lipinski definition) is 1. The molecule has 0 aromatic heterocycles. The summed E-state index contributed by atoms with van der Waals surface area (Å²) in [7, 11) is 1.71. The highest BCUT2D eigenvalue weighted by atomic mass is 16.5. The zero-order valence-electron chi connectivity index (χ0n) is 9.26. The van der Waals surface area contributed by atoms with Gasteiger partial charge in [0.25, 0.3) is 0 Å². The van der Waals surface area contributed by atoms with Gasteiger partial charge in [-0.2, -0.15) is 0 Å². The maximum atomic E-state index is 5.50. The molecule has 2 N–H and O–H groups in total. The van der Waals surface area contributed by atoms with E-state index in [0.29, 0.717) is 0 Å². The molecule has 2 nitrogen and oxygen atoms in total. The highest BCUT2D eigenvalue weighted by Gasteiger charge is 2.05. The van der Waals surface area contributed by atoms with Crippen molar-refractivity contribution in [2.24, 2.45) is 5.73 Å². The van der Waals surface area contributed by atoms with Gasteiger partial charge in [-0.25, -0.2) is 0 Å². The second-order valence-corrected chi connectivity index (χ2v) is 3.57. The zero-order valence-corrected chi connectivity index (χ0v) is 9.26. The lowest BCUT2D eigenvalue weighted by Crippen LogP contribution is -2.02. The van der Waals surface area contributed by atoms with Gasteiger partial charge in [-0.15, -0.1) is 0 Å². The van der Waals surface area contributed by atoms with E-state index in [0.717, 1.165) is 25.1 Å². The van der Waals surface area contributed by atoms with Crippen molar-refractivity contribution in [3.05, 3.63) is 28.8 Å². The van der Waals surface area contributed by atoms with Crippen molar-refractivity contribution in [2.45, 2.75) is 26.7 Å². The Kier molecular flexibility index (Phi) is 3.96. The van der Waals surface area contributed by atoms with E-state index in [-0.39, 0.29) is 0 Å². The molecule has 0 saturated heterocycles. The molecule has 1 rings (SSSR count). The van der Waals surface area contributed by atoms with Gasteiger partial charge in [0.2, 0.25) is 0 Å². The Morgan fingerprint density at radius 2 is 1.93 bits per heavy atom. The molecule has 0 fully saturated rings. The SMILES string of the molecule is COc1ccc(CCCN)c(C)c1C. The zero-order chi connectivity index (χ0) is 10.6. The van der Waals surface area contributed by atoms with Crippen LogP contribution in [0.25, 0.3) is 0 Å². The second kappa shape index (κ2) is 5.01. The molecule has 0 bridgehead atoms. The average Bonchev–Trinajstić information content (AvgIpc) is 2.20. The van der Waals surface area contributed by atoms with Gasteiger partial charge in [0.15, 0.2) is 0 Å². The first-order chi connectivity index (χ1) is 6.70. The van der Waals surface area contributed by atoms with Crippen LogP contribution in [0.5, 0.6) is 5.75 Å². The highest BCUT2D eigenvalue weighted by Crippen LogP contribution is 2.24. The lowest BCUT2D eigenvalue weighted by molar-refractivity contribution is 0.411. The fraction of sp³-hybridized carbons (Fsp3) is 0.500. The minimum absolute atomic E-state index is 0.754. The molecule has 78 valence electrons. The Hall–Kier alpha value is -1.02. The van der Waals surface area contributed by atoms with Crippen LogP contribution in [0, 0.1) is 13.8 Å². The smallest absolute Gasteiger partial charge is 0.122 e. The standard InChI is InChI=1S/C12H19NO/c1-9-10(2)12(14-3)7-6-11(9)5-4-8-13/h6-7H,4-5,8,13H2,1-3H3. The molecule has 0 amide bonds. The van der Waals surface area contributed by atoms with Crippen LogP contribution in [0.3, 0.4) is 0 Å². The summed E-state index contributed by atoms with van der Waals surface area (Å²) in [5, 5.41) is 0. The van der Waals surface area contributed by atoms with Crippen molar-refractivity contribution in [2.75, 3.05) is 13.7 Å². The minimum atomic E-state index is 0.754. The molecular weight excluding hydrogens is 174 g/mol. The molecule has 0 unspecified atom stereocenters. The van der Waals surface area contributed by atoms with Crippen LogP contribution >= 0.6 is 0 Å². The quantitative estimate of drug-likeness (QED) is 0.795. The molecule has 0 heterocycles. The first-order valence-electron chi connectivity index (χ1n) is 5.03. The average molecular weight is 193 g/mol. The van der Waals surface area contributed by atoms with Crippen LogP contribution in [0.4, 0.5) is 0 Å².